The quantitative estimate of drug-likeness (QED) is 0.909. The number of carbonyl (C=O) groups is 1. The normalized spacial score (nSPS) is 14.5. The number of aryl methyl sites for hydroxylation is 3. The van der Waals surface area contributed by atoms with E-state index in [0.29, 0.717) is 12.4 Å². The van der Waals surface area contributed by atoms with Crippen molar-refractivity contribution in [3.8, 4) is 0 Å². The van der Waals surface area contributed by atoms with Crippen LogP contribution in [-0.2, 0) is 19.3 Å². The van der Waals surface area contributed by atoms with Crippen LogP contribution < -0.4 is 4.90 Å². The number of amides is 1. The molecule has 0 aromatic carbocycles. The SMILES string of the molecule is O=C(O)N1CCCCc2ccc(CCCc3ccn[nH]3)nc21. The second-order valence-electron chi connectivity index (χ2n) is 5.61. The molecule has 0 bridgehead atoms. The molecule has 0 spiro atoms. The highest BCUT2D eigenvalue weighted by Crippen LogP contribution is 2.25. The molecule has 22 heavy (non-hydrogen) atoms. The van der Waals surface area contributed by atoms with Crippen molar-refractivity contribution in [3.05, 3.63) is 41.3 Å². The fraction of sp³-hybridized carbons (Fsp3) is 0.438. The first-order chi connectivity index (χ1) is 10.7. The van der Waals surface area contributed by atoms with Gasteiger partial charge in [-0.05, 0) is 56.2 Å². The maximum atomic E-state index is 11.4. The molecule has 6 nitrogen and oxygen atoms in total. The van der Waals surface area contributed by atoms with Gasteiger partial charge in [-0.3, -0.25) is 10.00 Å². The number of carboxylic acid groups (broad SMARTS) is 1. The Labute approximate surface area is 129 Å². The average Bonchev–Trinajstić information content (AvgIpc) is 2.92. The van der Waals surface area contributed by atoms with E-state index in [0.717, 1.165) is 55.5 Å². The van der Waals surface area contributed by atoms with E-state index in [1.165, 1.54) is 4.90 Å². The van der Waals surface area contributed by atoms with Crippen molar-refractivity contribution in [2.24, 2.45) is 0 Å². The second-order valence-corrected chi connectivity index (χ2v) is 5.61. The number of anilines is 1. The first kappa shape index (κ1) is 14.6. The molecule has 0 aliphatic carbocycles. The van der Waals surface area contributed by atoms with Crippen LogP contribution in [0.15, 0.2) is 24.4 Å². The first-order valence-corrected chi connectivity index (χ1v) is 7.71. The molecule has 0 fully saturated rings. The van der Waals surface area contributed by atoms with Gasteiger partial charge in [0.1, 0.15) is 5.82 Å². The number of rotatable bonds is 4. The number of fused-ring (bicyclic) bond motifs is 1. The van der Waals surface area contributed by atoms with Crippen molar-refractivity contribution in [2.75, 3.05) is 11.4 Å². The maximum Gasteiger partial charge on any atom is 0.413 e. The molecule has 0 radical (unpaired) electrons. The number of hydrogen-bond donors (Lipinski definition) is 2. The number of hydrogen-bond acceptors (Lipinski definition) is 3. The lowest BCUT2D eigenvalue weighted by Gasteiger charge is -2.18. The van der Waals surface area contributed by atoms with Gasteiger partial charge in [0.25, 0.3) is 0 Å². The molecule has 2 aromatic heterocycles. The average molecular weight is 300 g/mol. The lowest BCUT2D eigenvalue weighted by atomic mass is 10.1. The summed E-state index contributed by atoms with van der Waals surface area (Å²) in [6, 6.07) is 6.03. The van der Waals surface area contributed by atoms with Crippen LogP contribution in [0.2, 0.25) is 0 Å². The first-order valence-electron chi connectivity index (χ1n) is 7.71. The predicted octanol–water partition coefficient (Wildman–Crippen LogP) is 2.80. The van der Waals surface area contributed by atoms with E-state index in [1.54, 1.807) is 6.20 Å². The van der Waals surface area contributed by atoms with Gasteiger partial charge in [-0.1, -0.05) is 6.07 Å². The van der Waals surface area contributed by atoms with Crippen molar-refractivity contribution in [3.63, 3.8) is 0 Å². The monoisotopic (exact) mass is 300 g/mol. The van der Waals surface area contributed by atoms with Crippen molar-refractivity contribution in [1.29, 1.82) is 0 Å². The number of aromatic nitrogens is 3. The van der Waals surface area contributed by atoms with Crippen molar-refractivity contribution < 1.29 is 9.90 Å². The van der Waals surface area contributed by atoms with E-state index in [4.69, 9.17) is 0 Å². The standard InChI is InChI=1S/C16H20N4O2/c21-16(22)20-11-2-1-4-12-7-8-13(18-15(12)20)5-3-6-14-9-10-17-19-14/h7-10H,1-6,11H2,(H,17,19)(H,21,22). The van der Waals surface area contributed by atoms with Gasteiger partial charge in [-0.25, -0.2) is 9.78 Å². The van der Waals surface area contributed by atoms with Crippen LogP contribution in [0.1, 0.15) is 36.2 Å². The van der Waals surface area contributed by atoms with Gasteiger partial charge in [-0.2, -0.15) is 5.10 Å². The minimum absolute atomic E-state index is 0.535. The van der Waals surface area contributed by atoms with E-state index >= 15 is 0 Å². The molecule has 1 amide bonds. The Kier molecular flexibility index (Phi) is 4.37. The molecule has 1 aliphatic rings. The molecule has 3 rings (SSSR count). The van der Waals surface area contributed by atoms with Crippen LogP contribution in [0.5, 0.6) is 0 Å². The van der Waals surface area contributed by atoms with E-state index in [2.05, 4.69) is 15.2 Å². The summed E-state index contributed by atoms with van der Waals surface area (Å²) in [5.74, 6) is 0.629. The zero-order chi connectivity index (χ0) is 15.4. The summed E-state index contributed by atoms with van der Waals surface area (Å²) in [6.45, 7) is 0.535. The van der Waals surface area contributed by atoms with Gasteiger partial charge in [-0.15, -0.1) is 0 Å². The minimum Gasteiger partial charge on any atom is -0.465 e. The third-order valence-corrected chi connectivity index (χ3v) is 4.02. The van der Waals surface area contributed by atoms with Gasteiger partial charge < -0.3 is 5.11 Å². The predicted molar refractivity (Wildman–Crippen MR) is 83.2 cm³/mol. The minimum atomic E-state index is -0.912. The molecule has 0 saturated heterocycles. The lowest BCUT2D eigenvalue weighted by Crippen LogP contribution is -2.31. The van der Waals surface area contributed by atoms with Crippen molar-refractivity contribution in [2.45, 2.75) is 38.5 Å². The number of nitrogens with one attached hydrogen (secondary N) is 1. The Morgan fingerprint density at radius 2 is 2.18 bits per heavy atom. The molecule has 0 unspecified atom stereocenters. The number of nitrogens with zero attached hydrogens (tertiary/aromatic N) is 3. The van der Waals surface area contributed by atoms with E-state index in [9.17, 15) is 9.90 Å². The molecule has 2 aromatic rings. The van der Waals surface area contributed by atoms with Crippen LogP contribution in [0.3, 0.4) is 0 Å². The van der Waals surface area contributed by atoms with Crippen molar-refractivity contribution >= 4 is 11.9 Å². The summed E-state index contributed by atoms with van der Waals surface area (Å²) in [5.41, 5.74) is 3.10. The molecule has 6 heteroatoms. The Bertz CT molecular complexity index is 640. The van der Waals surface area contributed by atoms with E-state index in [-0.39, 0.29) is 0 Å². The zero-order valence-corrected chi connectivity index (χ0v) is 12.5. The van der Waals surface area contributed by atoms with Crippen LogP contribution in [0, 0.1) is 0 Å². The third-order valence-electron chi connectivity index (χ3n) is 4.02. The largest absolute Gasteiger partial charge is 0.465 e. The molecule has 3 heterocycles. The summed E-state index contributed by atoms with van der Waals surface area (Å²) in [6.07, 6.45) is 6.35. The Hall–Kier alpha value is -2.37. The van der Waals surface area contributed by atoms with Gasteiger partial charge in [0.05, 0.1) is 0 Å². The molecular weight excluding hydrogens is 280 g/mol. The smallest absolute Gasteiger partial charge is 0.413 e. The molecule has 0 atom stereocenters. The number of aromatic amines is 1. The Balaban J connectivity index is 1.72. The molecule has 116 valence electrons. The van der Waals surface area contributed by atoms with Gasteiger partial charge in [0, 0.05) is 24.1 Å². The topological polar surface area (TPSA) is 82.1 Å². The van der Waals surface area contributed by atoms with Gasteiger partial charge in [0.15, 0.2) is 0 Å². The number of pyridine rings is 1. The number of H-pyrrole nitrogens is 1. The van der Waals surface area contributed by atoms with Crippen LogP contribution in [0.25, 0.3) is 0 Å². The summed E-state index contributed by atoms with van der Waals surface area (Å²) in [4.78, 5) is 17.4. The zero-order valence-electron chi connectivity index (χ0n) is 12.5. The van der Waals surface area contributed by atoms with Crippen LogP contribution in [-0.4, -0.2) is 32.9 Å². The highest BCUT2D eigenvalue weighted by atomic mass is 16.4. The third kappa shape index (κ3) is 3.27. The molecule has 0 saturated carbocycles. The van der Waals surface area contributed by atoms with Crippen LogP contribution in [0.4, 0.5) is 10.6 Å². The summed E-state index contributed by atoms with van der Waals surface area (Å²) >= 11 is 0. The summed E-state index contributed by atoms with van der Waals surface area (Å²) in [7, 11) is 0. The molecule has 2 N–H and O–H groups in total. The summed E-state index contributed by atoms with van der Waals surface area (Å²) in [5, 5.41) is 16.3. The molecular formula is C16H20N4O2. The Morgan fingerprint density at radius 1 is 1.27 bits per heavy atom. The fourth-order valence-corrected chi connectivity index (χ4v) is 2.85. The lowest BCUT2D eigenvalue weighted by molar-refractivity contribution is 0.201. The summed E-state index contributed by atoms with van der Waals surface area (Å²) < 4.78 is 0. The van der Waals surface area contributed by atoms with Gasteiger partial charge in [0.2, 0.25) is 0 Å². The maximum absolute atomic E-state index is 11.4. The van der Waals surface area contributed by atoms with E-state index < -0.39 is 6.09 Å². The fourth-order valence-electron chi connectivity index (χ4n) is 2.85. The van der Waals surface area contributed by atoms with Gasteiger partial charge >= 0.3 is 6.09 Å². The highest BCUT2D eigenvalue weighted by Gasteiger charge is 2.22. The second kappa shape index (κ2) is 6.60. The van der Waals surface area contributed by atoms with E-state index in [1.807, 2.05) is 18.2 Å². The van der Waals surface area contributed by atoms with Crippen molar-refractivity contribution in [1.82, 2.24) is 15.2 Å². The molecule has 1 aliphatic heterocycles. The van der Waals surface area contributed by atoms with Crippen LogP contribution >= 0.6 is 0 Å². The highest BCUT2D eigenvalue weighted by molar-refractivity contribution is 5.85. The Morgan fingerprint density at radius 3 is 2.95 bits per heavy atom.